The van der Waals surface area contributed by atoms with Crippen LogP contribution in [0.5, 0.6) is 0 Å². The molecule has 1 aromatic heterocycles. The van der Waals surface area contributed by atoms with Crippen LogP contribution in [0.3, 0.4) is 0 Å². The minimum absolute atomic E-state index is 0.0227. The highest BCUT2D eigenvalue weighted by molar-refractivity contribution is 7.77. The number of nitrogens with one attached hydrogen (secondary N) is 1. The molecule has 4 rings (SSSR count). The first-order valence-corrected chi connectivity index (χ1v) is 11.7. The molecule has 1 aliphatic rings. The molecule has 3 aromatic rings. The molecule has 2 aromatic carbocycles. The van der Waals surface area contributed by atoms with Gasteiger partial charge in [-0.25, -0.2) is 22.1 Å². The third kappa shape index (κ3) is 5.07. The van der Waals surface area contributed by atoms with E-state index in [1.165, 1.54) is 12.1 Å². The summed E-state index contributed by atoms with van der Waals surface area (Å²) in [5, 5.41) is 0.644. The third-order valence-electron chi connectivity index (χ3n) is 5.71. The molecule has 10 heteroatoms. The number of hydrogen-bond donors (Lipinski definition) is 2. The molecule has 2 heterocycles. The van der Waals surface area contributed by atoms with Crippen LogP contribution >= 0.6 is 0 Å². The Bertz CT molecular complexity index is 1230. The smallest absolute Gasteiger partial charge is 0.231 e. The van der Waals surface area contributed by atoms with Gasteiger partial charge in [0.25, 0.3) is 0 Å². The fraction of sp³-hybridized carbons (Fsp3) is 0.304. The summed E-state index contributed by atoms with van der Waals surface area (Å²) in [5.41, 5.74) is 0.430. The number of rotatable bonds is 8. The lowest BCUT2D eigenvalue weighted by molar-refractivity contribution is 0.102. The fourth-order valence-electron chi connectivity index (χ4n) is 4.03. The van der Waals surface area contributed by atoms with E-state index >= 15 is 4.39 Å². The topological polar surface area (TPSA) is 82.5 Å². The van der Waals surface area contributed by atoms with E-state index in [1.54, 1.807) is 12.3 Å². The first-order chi connectivity index (χ1) is 15.8. The van der Waals surface area contributed by atoms with Gasteiger partial charge in [-0.2, -0.15) is 0 Å². The van der Waals surface area contributed by atoms with Crippen molar-refractivity contribution in [3.05, 3.63) is 70.7 Å². The molecule has 33 heavy (non-hydrogen) atoms. The average Bonchev–Trinajstić information content (AvgIpc) is 3.34. The van der Waals surface area contributed by atoms with E-state index in [4.69, 9.17) is 4.55 Å². The predicted molar refractivity (Wildman–Crippen MR) is 120 cm³/mol. The van der Waals surface area contributed by atoms with Gasteiger partial charge in [0, 0.05) is 30.6 Å². The highest BCUT2D eigenvalue weighted by atomic mass is 32.2. The number of carbonyl (C=O) groups is 1. The molecular weight excluding hydrogens is 455 g/mol. The van der Waals surface area contributed by atoms with Gasteiger partial charge in [0.1, 0.15) is 5.82 Å². The zero-order valence-corrected chi connectivity index (χ0v) is 18.4. The van der Waals surface area contributed by atoms with E-state index in [9.17, 15) is 17.8 Å². The maximum atomic E-state index is 15.0. The maximum Gasteiger partial charge on any atom is 0.231 e. The predicted octanol–water partition coefficient (Wildman–Crippen LogP) is 4.14. The van der Waals surface area contributed by atoms with Gasteiger partial charge in [0.05, 0.1) is 23.0 Å². The molecule has 6 nitrogen and oxygen atoms in total. The Kier molecular flexibility index (Phi) is 7.06. The minimum Gasteiger partial charge on any atom is -0.370 e. The first-order valence-electron chi connectivity index (χ1n) is 10.6. The van der Waals surface area contributed by atoms with Crippen molar-refractivity contribution in [2.24, 2.45) is 0 Å². The molecule has 2 N–H and O–H groups in total. The van der Waals surface area contributed by atoms with E-state index in [2.05, 4.69) is 14.6 Å². The molecule has 1 atom stereocenters. The molecule has 174 valence electrons. The minimum atomic E-state index is -2.23. The van der Waals surface area contributed by atoms with Crippen LogP contribution in [0.2, 0.25) is 0 Å². The molecule has 0 aliphatic carbocycles. The SMILES string of the molecule is O=C(c1ccc2ncc(N3CCCC3)cc2c1)c1c(F)c(F)cc(CCCNS(=O)O)c1F. The summed E-state index contributed by atoms with van der Waals surface area (Å²) in [5.74, 6) is -4.96. The number of nitrogens with zero attached hydrogens (tertiary/aromatic N) is 2. The summed E-state index contributed by atoms with van der Waals surface area (Å²) < 4.78 is 65.3. The lowest BCUT2D eigenvalue weighted by Crippen LogP contribution is -2.18. The second kappa shape index (κ2) is 9.98. The summed E-state index contributed by atoms with van der Waals surface area (Å²) in [6.07, 6.45) is 4.07. The Morgan fingerprint density at radius 3 is 2.61 bits per heavy atom. The van der Waals surface area contributed by atoms with Crippen molar-refractivity contribution < 1.29 is 26.7 Å². The number of carbonyl (C=O) groups excluding carboxylic acids is 1. The normalized spacial score (nSPS) is 14.7. The van der Waals surface area contributed by atoms with Crippen molar-refractivity contribution in [1.82, 2.24) is 9.71 Å². The first kappa shape index (κ1) is 23.3. The fourth-order valence-corrected chi connectivity index (χ4v) is 4.35. The Balaban J connectivity index is 1.65. The van der Waals surface area contributed by atoms with Crippen LogP contribution in [0, 0.1) is 17.5 Å². The summed E-state index contributed by atoms with van der Waals surface area (Å²) in [6, 6.07) is 7.11. The molecule has 0 saturated carbocycles. The highest BCUT2D eigenvalue weighted by Crippen LogP contribution is 2.27. The van der Waals surface area contributed by atoms with Crippen molar-refractivity contribution in [2.45, 2.75) is 25.7 Å². The van der Waals surface area contributed by atoms with Crippen molar-refractivity contribution >= 4 is 33.6 Å². The Labute approximate surface area is 191 Å². The van der Waals surface area contributed by atoms with Crippen molar-refractivity contribution in [3.8, 4) is 0 Å². The Morgan fingerprint density at radius 2 is 1.88 bits per heavy atom. The molecule has 1 aliphatic heterocycles. The number of ketones is 1. The van der Waals surface area contributed by atoms with Crippen LogP contribution in [-0.4, -0.2) is 39.2 Å². The second-order valence-corrected chi connectivity index (χ2v) is 8.68. The maximum absolute atomic E-state index is 15.0. The molecule has 1 saturated heterocycles. The lowest BCUT2D eigenvalue weighted by atomic mass is 9.96. The van der Waals surface area contributed by atoms with E-state index in [0.29, 0.717) is 17.0 Å². The van der Waals surface area contributed by atoms with Crippen LogP contribution in [0.25, 0.3) is 10.9 Å². The molecule has 0 amide bonds. The second-order valence-electron chi connectivity index (χ2n) is 7.89. The largest absolute Gasteiger partial charge is 0.370 e. The number of pyridine rings is 1. The summed E-state index contributed by atoms with van der Waals surface area (Å²) in [7, 11) is 0. The van der Waals surface area contributed by atoms with E-state index < -0.39 is 40.1 Å². The zero-order chi connectivity index (χ0) is 23.5. The van der Waals surface area contributed by atoms with Gasteiger partial charge in [-0.15, -0.1) is 0 Å². The summed E-state index contributed by atoms with van der Waals surface area (Å²) in [4.78, 5) is 19.6. The van der Waals surface area contributed by atoms with E-state index in [1.807, 2.05) is 6.07 Å². The number of halogens is 3. The molecule has 0 bridgehead atoms. The number of aromatic nitrogens is 1. The number of fused-ring (bicyclic) bond motifs is 1. The Morgan fingerprint density at radius 1 is 1.12 bits per heavy atom. The van der Waals surface area contributed by atoms with E-state index in [-0.39, 0.29) is 30.5 Å². The Hall–Kier alpha value is -2.82. The van der Waals surface area contributed by atoms with Gasteiger partial charge in [0.15, 0.2) is 17.4 Å². The van der Waals surface area contributed by atoms with Gasteiger partial charge >= 0.3 is 0 Å². The number of aryl methyl sites for hydroxylation is 1. The van der Waals surface area contributed by atoms with Crippen molar-refractivity contribution in [1.29, 1.82) is 0 Å². The third-order valence-corrected chi connectivity index (χ3v) is 6.16. The summed E-state index contributed by atoms with van der Waals surface area (Å²) >= 11 is -2.23. The zero-order valence-electron chi connectivity index (χ0n) is 17.6. The van der Waals surface area contributed by atoms with Crippen LogP contribution in [0.1, 0.15) is 40.7 Å². The number of benzene rings is 2. The monoisotopic (exact) mass is 477 g/mol. The van der Waals surface area contributed by atoms with Gasteiger partial charge in [-0.3, -0.25) is 14.3 Å². The van der Waals surface area contributed by atoms with Gasteiger partial charge in [-0.05, 0) is 61.6 Å². The van der Waals surface area contributed by atoms with E-state index in [0.717, 1.165) is 31.6 Å². The molecule has 1 fully saturated rings. The van der Waals surface area contributed by atoms with Gasteiger partial charge < -0.3 is 4.90 Å². The standard InChI is InChI=1S/C23H22F3N3O3S/c24-18-12-14(4-3-7-28-33(31)32)21(25)20(22(18)26)23(30)15-5-6-19-16(10-15)11-17(13-27-19)29-8-1-2-9-29/h5-6,10-13,28H,1-4,7-9H2,(H,31,32). The van der Waals surface area contributed by atoms with Crippen molar-refractivity contribution in [2.75, 3.05) is 24.5 Å². The average molecular weight is 478 g/mol. The number of hydrogen-bond acceptors (Lipinski definition) is 4. The van der Waals surface area contributed by atoms with Crippen molar-refractivity contribution in [3.63, 3.8) is 0 Å². The molecule has 0 radical (unpaired) electrons. The van der Waals surface area contributed by atoms with Gasteiger partial charge in [-0.1, -0.05) is 0 Å². The highest BCUT2D eigenvalue weighted by Gasteiger charge is 2.25. The number of anilines is 1. The molecular formula is C23H22F3N3O3S. The van der Waals surface area contributed by atoms with Crippen LogP contribution < -0.4 is 9.62 Å². The molecule has 0 spiro atoms. The van der Waals surface area contributed by atoms with Crippen LogP contribution in [0.15, 0.2) is 36.5 Å². The van der Waals surface area contributed by atoms with Gasteiger partial charge in [0.2, 0.25) is 11.3 Å². The van der Waals surface area contributed by atoms with Crippen LogP contribution in [0.4, 0.5) is 18.9 Å². The van der Waals surface area contributed by atoms with Crippen LogP contribution in [-0.2, 0) is 17.7 Å². The lowest BCUT2D eigenvalue weighted by Gasteiger charge is -2.17. The summed E-state index contributed by atoms with van der Waals surface area (Å²) in [6.45, 7) is 1.89. The molecule has 1 unspecified atom stereocenters. The quantitative estimate of drug-likeness (QED) is 0.221.